The fourth-order valence-corrected chi connectivity index (χ4v) is 1.24. The Morgan fingerprint density at radius 1 is 1.46 bits per heavy atom. The summed E-state index contributed by atoms with van der Waals surface area (Å²) in [5.74, 6) is 0. The highest BCUT2D eigenvalue weighted by molar-refractivity contribution is 5.18. The largest absolute Gasteiger partial charge is 0.387 e. The highest BCUT2D eigenvalue weighted by atomic mass is 16.3. The summed E-state index contributed by atoms with van der Waals surface area (Å²) in [5.41, 5.74) is 1.93. The van der Waals surface area contributed by atoms with Gasteiger partial charge in [0.2, 0.25) is 0 Å². The van der Waals surface area contributed by atoms with E-state index in [1.807, 2.05) is 13.1 Å². The Bertz CT molecular complexity index is 294. The van der Waals surface area contributed by atoms with Crippen LogP contribution in [0.1, 0.15) is 45.2 Å². The van der Waals surface area contributed by atoms with Gasteiger partial charge in [0, 0.05) is 12.5 Å². The van der Waals surface area contributed by atoms with Crippen LogP contribution in [0, 0.1) is 0 Å². The number of aliphatic hydroxyl groups is 1. The number of aromatic nitrogens is 2. The topological polar surface area (TPSA) is 38.1 Å². The molecule has 0 aromatic carbocycles. The molecular formula is C10H18N2O. The van der Waals surface area contributed by atoms with E-state index < -0.39 is 6.10 Å². The van der Waals surface area contributed by atoms with Gasteiger partial charge >= 0.3 is 0 Å². The summed E-state index contributed by atoms with van der Waals surface area (Å²) in [4.78, 5) is 0. The first-order valence-corrected chi connectivity index (χ1v) is 4.55. The lowest BCUT2D eigenvalue weighted by Crippen LogP contribution is -2.12. The van der Waals surface area contributed by atoms with E-state index in [-0.39, 0.29) is 5.41 Å². The predicted octanol–water partition coefficient (Wildman–Crippen LogP) is 1.77. The smallest absolute Gasteiger partial charge is 0.0928 e. The van der Waals surface area contributed by atoms with Gasteiger partial charge < -0.3 is 5.11 Å². The molecule has 0 aliphatic carbocycles. The second kappa shape index (κ2) is 3.14. The van der Waals surface area contributed by atoms with Crippen molar-refractivity contribution in [1.82, 2.24) is 9.78 Å². The summed E-state index contributed by atoms with van der Waals surface area (Å²) in [7, 11) is 1.86. The van der Waals surface area contributed by atoms with E-state index >= 15 is 0 Å². The van der Waals surface area contributed by atoms with E-state index in [1.165, 1.54) is 0 Å². The van der Waals surface area contributed by atoms with Crippen molar-refractivity contribution < 1.29 is 5.11 Å². The highest BCUT2D eigenvalue weighted by Gasteiger charge is 2.19. The molecule has 0 fully saturated rings. The van der Waals surface area contributed by atoms with Crippen LogP contribution in [-0.4, -0.2) is 14.9 Å². The fraction of sp³-hybridized carbons (Fsp3) is 0.700. The zero-order chi connectivity index (χ0) is 10.2. The lowest BCUT2D eigenvalue weighted by molar-refractivity contribution is 0.189. The van der Waals surface area contributed by atoms with E-state index in [0.29, 0.717) is 0 Å². The third kappa shape index (κ3) is 2.10. The molecule has 1 rings (SSSR count). The van der Waals surface area contributed by atoms with Crippen LogP contribution in [0.3, 0.4) is 0 Å². The Kier molecular flexibility index (Phi) is 2.48. The van der Waals surface area contributed by atoms with Crippen molar-refractivity contribution in [3.63, 3.8) is 0 Å². The van der Waals surface area contributed by atoms with Gasteiger partial charge in [0.05, 0.1) is 17.5 Å². The molecule has 1 atom stereocenters. The van der Waals surface area contributed by atoms with Crippen molar-refractivity contribution in [2.45, 2.75) is 39.2 Å². The minimum Gasteiger partial charge on any atom is -0.387 e. The van der Waals surface area contributed by atoms with Crippen molar-refractivity contribution in [2.75, 3.05) is 0 Å². The van der Waals surface area contributed by atoms with Crippen LogP contribution in [0.2, 0.25) is 0 Å². The molecule has 1 N–H and O–H groups in total. The van der Waals surface area contributed by atoms with Crippen LogP contribution in [0.4, 0.5) is 0 Å². The van der Waals surface area contributed by atoms with Gasteiger partial charge in [0.25, 0.3) is 0 Å². The summed E-state index contributed by atoms with van der Waals surface area (Å²) in [6, 6.07) is 1.96. The second-order valence-corrected chi connectivity index (χ2v) is 4.50. The average molecular weight is 182 g/mol. The average Bonchev–Trinajstić information content (AvgIpc) is 2.29. The number of nitrogens with zero attached hydrogens (tertiary/aromatic N) is 2. The normalized spacial score (nSPS) is 14.6. The van der Waals surface area contributed by atoms with Gasteiger partial charge in [-0.1, -0.05) is 20.8 Å². The third-order valence-corrected chi connectivity index (χ3v) is 2.11. The molecule has 0 unspecified atom stereocenters. The Morgan fingerprint density at radius 2 is 2.00 bits per heavy atom. The first kappa shape index (κ1) is 10.3. The zero-order valence-electron chi connectivity index (χ0n) is 9.00. The van der Waals surface area contributed by atoms with E-state index in [9.17, 15) is 5.11 Å². The van der Waals surface area contributed by atoms with Crippen LogP contribution in [0.5, 0.6) is 0 Å². The Hall–Kier alpha value is -0.830. The first-order valence-electron chi connectivity index (χ1n) is 4.55. The molecule has 3 nitrogen and oxygen atoms in total. The third-order valence-electron chi connectivity index (χ3n) is 2.11. The summed E-state index contributed by atoms with van der Waals surface area (Å²) in [6.45, 7) is 8.09. The molecule has 0 saturated heterocycles. The summed E-state index contributed by atoms with van der Waals surface area (Å²) >= 11 is 0. The molecule has 0 spiro atoms. The van der Waals surface area contributed by atoms with Crippen molar-refractivity contribution in [1.29, 1.82) is 0 Å². The van der Waals surface area contributed by atoms with Crippen molar-refractivity contribution in [3.05, 3.63) is 17.5 Å². The monoisotopic (exact) mass is 182 g/mol. The maximum atomic E-state index is 9.42. The summed E-state index contributed by atoms with van der Waals surface area (Å²) in [6.07, 6.45) is -0.450. The van der Waals surface area contributed by atoms with Gasteiger partial charge in [-0.15, -0.1) is 0 Å². The number of rotatable bonds is 1. The molecule has 1 aromatic heterocycles. The van der Waals surface area contributed by atoms with Gasteiger partial charge in [-0.2, -0.15) is 5.10 Å². The lowest BCUT2D eigenvalue weighted by atomic mass is 9.92. The van der Waals surface area contributed by atoms with Crippen LogP contribution < -0.4 is 0 Å². The Balaban J connectivity index is 3.10. The summed E-state index contributed by atoms with van der Waals surface area (Å²) in [5, 5.41) is 13.8. The van der Waals surface area contributed by atoms with Gasteiger partial charge in [0.15, 0.2) is 0 Å². The first-order chi connectivity index (χ1) is 5.82. The standard InChI is InChI=1S/C10H18N2O/c1-7(13)8-6-9(10(2,3)4)11-12(8)5/h6-7,13H,1-5H3/t7-/m1/s1. The van der Waals surface area contributed by atoms with Crippen molar-refractivity contribution in [3.8, 4) is 0 Å². The molecule has 0 aliphatic heterocycles. The van der Waals surface area contributed by atoms with Crippen LogP contribution in [-0.2, 0) is 12.5 Å². The molecule has 0 aliphatic rings. The predicted molar refractivity (Wildman–Crippen MR) is 52.5 cm³/mol. The molecule has 0 radical (unpaired) electrons. The van der Waals surface area contributed by atoms with Crippen molar-refractivity contribution in [2.24, 2.45) is 7.05 Å². The number of hydrogen-bond donors (Lipinski definition) is 1. The van der Waals surface area contributed by atoms with Crippen molar-refractivity contribution >= 4 is 0 Å². The van der Waals surface area contributed by atoms with E-state index in [0.717, 1.165) is 11.4 Å². The quantitative estimate of drug-likeness (QED) is 0.718. The Labute approximate surface area is 79.4 Å². The molecular weight excluding hydrogens is 164 g/mol. The van der Waals surface area contributed by atoms with E-state index in [2.05, 4.69) is 25.9 Å². The number of aliphatic hydroxyl groups excluding tert-OH is 1. The molecule has 0 saturated carbocycles. The number of aryl methyl sites for hydroxylation is 1. The van der Waals surface area contributed by atoms with Crippen LogP contribution in [0.25, 0.3) is 0 Å². The fourth-order valence-electron chi connectivity index (χ4n) is 1.24. The van der Waals surface area contributed by atoms with Gasteiger partial charge in [-0.3, -0.25) is 4.68 Å². The van der Waals surface area contributed by atoms with Gasteiger partial charge in [0.1, 0.15) is 0 Å². The minimum atomic E-state index is -0.450. The molecule has 0 amide bonds. The maximum Gasteiger partial charge on any atom is 0.0928 e. The maximum absolute atomic E-state index is 9.42. The molecule has 74 valence electrons. The second-order valence-electron chi connectivity index (χ2n) is 4.50. The van der Waals surface area contributed by atoms with Gasteiger partial charge in [-0.05, 0) is 13.0 Å². The van der Waals surface area contributed by atoms with Crippen LogP contribution in [0.15, 0.2) is 6.07 Å². The lowest BCUT2D eigenvalue weighted by Gasteiger charge is -2.13. The minimum absolute atomic E-state index is 0.0465. The molecule has 3 heteroatoms. The molecule has 1 aromatic rings. The zero-order valence-corrected chi connectivity index (χ0v) is 9.00. The molecule has 13 heavy (non-hydrogen) atoms. The van der Waals surface area contributed by atoms with Crippen LogP contribution >= 0.6 is 0 Å². The molecule has 0 bridgehead atoms. The van der Waals surface area contributed by atoms with E-state index in [4.69, 9.17) is 0 Å². The molecule has 1 heterocycles. The van der Waals surface area contributed by atoms with Gasteiger partial charge in [-0.25, -0.2) is 0 Å². The summed E-state index contributed by atoms with van der Waals surface area (Å²) < 4.78 is 1.74. The number of hydrogen-bond acceptors (Lipinski definition) is 2. The van der Waals surface area contributed by atoms with E-state index in [1.54, 1.807) is 11.6 Å². The SMILES string of the molecule is C[C@@H](O)c1cc(C(C)(C)C)nn1C. The Morgan fingerprint density at radius 3 is 2.23 bits per heavy atom. The highest BCUT2D eigenvalue weighted by Crippen LogP contribution is 2.23.